The maximum atomic E-state index is 6.08. The van der Waals surface area contributed by atoms with Crippen LogP contribution in [0.3, 0.4) is 0 Å². The minimum Gasteiger partial charge on any atom is -0.371 e. The van der Waals surface area contributed by atoms with Crippen molar-refractivity contribution in [3.8, 4) is 0 Å². The standard InChI is InChI=1S/C15H18ClN3OS/c1-10-9-20-14(12-4-3-5-13(16)6-12)7-19(10)8-15-18-17-11(2)21-15/h3-6,10,14H,7-9H2,1-2H3. The van der Waals surface area contributed by atoms with E-state index < -0.39 is 0 Å². The summed E-state index contributed by atoms with van der Waals surface area (Å²) in [5, 5.41) is 11.1. The lowest BCUT2D eigenvalue weighted by molar-refractivity contribution is -0.0633. The molecular weight excluding hydrogens is 306 g/mol. The zero-order valence-electron chi connectivity index (χ0n) is 12.1. The maximum absolute atomic E-state index is 6.08. The second-order valence-electron chi connectivity index (χ2n) is 5.37. The van der Waals surface area contributed by atoms with Gasteiger partial charge < -0.3 is 4.74 Å². The number of halogens is 1. The van der Waals surface area contributed by atoms with Gasteiger partial charge in [0.25, 0.3) is 0 Å². The fraction of sp³-hybridized carbons (Fsp3) is 0.467. The highest BCUT2D eigenvalue weighted by Gasteiger charge is 2.28. The number of ether oxygens (including phenoxy) is 1. The molecule has 2 heterocycles. The van der Waals surface area contributed by atoms with Gasteiger partial charge in [-0.1, -0.05) is 23.7 Å². The second-order valence-corrected chi connectivity index (χ2v) is 7.07. The number of aromatic nitrogens is 2. The molecule has 0 N–H and O–H groups in total. The molecule has 3 rings (SSSR count). The van der Waals surface area contributed by atoms with Gasteiger partial charge in [0, 0.05) is 17.6 Å². The molecular formula is C15H18ClN3OS. The third-order valence-corrected chi connectivity index (χ3v) is 4.75. The molecule has 1 saturated heterocycles. The van der Waals surface area contributed by atoms with Crippen molar-refractivity contribution in [3.63, 3.8) is 0 Å². The zero-order valence-corrected chi connectivity index (χ0v) is 13.7. The number of morpholine rings is 1. The predicted octanol–water partition coefficient (Wildman–Crippen LogP) is 3.46. The number of hydrogen-bond donors (Lipinski definition) is 0. The van der Waals surface area contributed by atoms with Gasteiger partial charge in [-0.05, 0) is 31.5 Å². The molecule has 1 aliphatic heterocycles. The number of hydrogen-bond acceptors (Lipinski definition) is 5. The van der Waals surface area contributed by atoms with E-state index in [1.54, 1.807) is 11.3 Å². The van der Waals surface area contributed by atoms with E-state index in [0.717, 1.165) is 40.3 Å². The van der Waals surface area contributed by atoms with Gasteiger partial charge >= 0.3 is 0 Å². The van der Waals surface area contributed by atoms with E-state index in [0.29, 0.717) is 6.04 Å². The first-order valence-electron chi connectivity index (χ1n) is 7.02. The third kappa shape index (κ3) is 3.61. The van der Waals surface area contributed by atoms with Gasteiger partial charge in [0.1, 0.15) is 10.0 Å². The molecule has 0 radical (unpaired) electrons. The molecule has 1 aromatic heterocycles. The second kappa shape index (κ2) is 6.40. The quantitative estimate of drug-likeness (QED) is 0.867. The molecule has 2 unspecified atom stereocenters. The van der Waals surface area contributed by atoms with Crippen LogP contribution in [-0.4, -0.2) is 34.3 Å². The van der Waals surface area contributed by atoms with Crippen LogP contribution >= 0.6 is 22.9 Å². The minimum atomic E-state index is 0.0638. The molecule has 6 heteroatoms. The van der Waals surface area contributed by atoms with Crippen molar-refractivity contribution in [1.82, 2.24) is 15.1 Å². The third-order valence-electron chi connectivity index (χ3n) is 3.69. The molecule has 112 valence electrons. The van der Waals surface area contributed by atoms with E-state index in [-0.39, 0.29) is 6.10 Å². The largest absolute Gasteiger partial charge is 0.371 e. The van der Waals surface area contributed by atoms with Crippen LogP contribution in [0.2, 0.25) is 5.02 Å². The molecule has 0 amide bonds. The summed E-state index contributed by atoms with van der Waals surface area (Å²) >= 11 is 7.73. The smallest absolute Gasteiger partial charge is 0.131 e. The lowest BCUT2D eigenvalue weighted by Crippen LogP contribution is -2.44. The van der Waals surface area contributed by atoms with Gasteiger partial charge in [0.05, 0.1) is 19.3 Å². The van der Waals surface area contributed by atoms with Crippen LogP contribution in [0.1, 0.15) is 28.6 Å². The van der Waals surface area contributed by atoms with Gasteiger partial charge in [0.15, 0.2) is 0 Å². The number of aryl methyl sites for hydroxylation is 1. The van der Waals surface area contributed by atoms with Crippen LogP contribution in [0.25, 0.3) is 0 Å². The van der Waals surface area contributed by atoms with Crippen molar-refractivity contribution >= 4 is 22.9 Å². The summed E-state index contributed by atoms with van der Waals surface area (Å²) < 4.78 is 5.97. The Kier molecular flexibility index (Phi) is 4.54. The summed E-state index contributed by atoms with van der Waals surface area (Å²) in [7, 11) is 0. The van der Waals surface area contributed by atoms with Crippen LogP contribution in [-0.2, 0) is 11.3 Å². The minimum absolute atomic E-state index is 0.0638. The van der Waals surface area contributed by atoms with E-state index in [9.17, 15) is 0 Å². The molecule has 0 bridgehead atoms. The topological polar surface area (TPSA) is 38.2 Å². The fourth-order valence-corrected chi connectivity index (χ4v) is 3.44. The van der Waals surface area contributed by atoms with Crippen LogP contribution in [0, 0.1) is 6.92 Å². The molecule has 0 aliphatic carbocycles. The van der Waals surface area contributed by atoms with Crippen molar-refractivity contribution in [1.29, 1.82) is 0 Å². The van der Waals surface area contributed by atoms with E-state index in [1.807, 2.05) is 25.1 Å². The summed E-state index contributed by atoms with van der Waals surface area (Å²) in [6.45, 7) is 6.56. The van der Waals surface area contributed by atoms with Crippen molar-refractivity contribution < 1.29 is 4.74 Å². The average molecular weight is 324 g/mol. The lowest BCUT2D eigenvalue weighted by atomic mass is 10.1. The number of nitrogens with zero attached hydrogens (tertiary/aromatic N) is 3. The Labute approximate surface area is 133 Å². The van der Waals surface area contributed by atoms with Gasteiger partial charge in [-0.25, -0.2) is 0 Å². The fourth-order valence-electron chi connectivity index (χ4n) is 2.51. The highest BCUT2D eigenvalue weighted by Crippen LogP contribution is 2.28. The first kappa shape index (κ1) is 14.9. The first-order valence-corrected chi connectivity index (χ1v) is 8.21. The highest BCUT2D eigenvalue weighted by atomic mass is 35.5. The molecule has 21 heavy (non-hydrogen) atoms. The normalized spacial score (nSPS) is 23.4. The molecule has 1 fully saturated rings. The maximum Gasteiger partial charge on any atom is 0.131 e. The van der Waals surface area contributed by atoms with Crippen molar-refractivity contribution in [3.05, 3.63) is 44.9 Å². The molecule has 4 nitrogen and oxygen atoms in total. The van der Waals surface area contributed by atoms with Gasteiger partial charge in [-0.2, -0.15) is 0 Å². The van der Waals surface area contributed by atoms with E-state index in [1.165, 1.54) is 0 Å². The van der Waals surface area contributed by atoms with Crippen LogP contribution < -0.4 is 0 Å². The highest BCUT2D eigenvalue weighted by molar-refractivity contribution is 7.11. The summed E-state index contributed by atoms with van der Waals surface area (Å²) in [5.74, 6) is 0. The summed E-state index contributed by atoms with van der Waals surface area (Å²) in [4.78, 5) is 2.40. The average Bonchev–Trinajstić information content (AvgIpc) is 2.87. The van der Waals surface area contributed by atoms with Gasteiger partial charge in [-0.15, -0.1) is 21.5 Å². The van der Waals surface area contributed by atoms with E-state index >= 15 is 0 Å². The predicted molar refractivity (Wildman–Crippen MR) is 84.7 cm³/mol. The first-order chi connectivity index (χ1) is 10.1. The van der Waals surface area contributed by atoms with Crippen LogP contribution in [0.15, 0.2) is 24.3 Å². The molecule has 1 aliphatic rings. The SMILES string of the molecule is Cc1nnc(CN2CC(c3cccc(Cl)c3)OCC2C)s1. The lowest BCUT2D eigenvalue weighted by Gasteiger charge is -2.37. The van der Waals surface area contributed by atoms with Crippen LogP contribution in [0.4, 0.5) is 0 Å². The molecule has 0 saturated carbocycles. The van der Waals surface area contributed by atoms with Gasteiger partial charge in [0.2, 0.25) is 0 Å². The van der Waals surface area contributed by atoms with Crippen molar-refractivity contribution in [2.45, 2.75) is 32.5 Å². The van der Waals surface area contributed by atoms with E-state index in [2.05, 4.69) is 28.1 Å². The van der Waals surface area contributed by atoms with Gasteiger partial charge in [-0.3, -0.25) is 4.90 Å². The summed E-state index contributed by atoms with van der Waals surface area (Å²) in [5.41, 5.74) is 1.13. The molecule has 0 spiro atoms. The molecule has 2 atom stereocenters. The van der Waals surface area contributed by atoms with Crippen molar-refractivity contribution in [2.75, 3.05) is 13.2 Å². The summed E-state index contributed by atoms with van der Waals surface area (Å²) in [6.07, 6.45) is 0.0638. The van der Waals surface area contributed by atoms with E-state index in [4.69, 9.17) is 16.3 Å². The Hall–Kier alpha value is -1.01. The number of benzene rings is 1. The Morgan fingerprint density at radius 2 is 2.29 bits per heavy atom. The van der Waals surface area contributed by atoms with Crippen LogP contribution in [0.5, 0.6) is 0 Å². The number of rotatable bonds is 3. The summed E-state index contributed by atoms with van der Waals surface area (Å²) in [6, 6.07) is 8.29. The Bertz CT molecular complexity index is 618. The Balaban J connectivity index is 1.72. The Morgan fingerprint density at radius 3 is 3.00 bits per heavy atom. The molecule has 2 aromatic rings. The Morgan fingerprint density at radius 1 is 1.43 bits per heavy atom. The monoisotopic (exact) mass is 323 g/mol. The van der Waals surface area contributed by atoms with Crippen molar-refractivity contribution in [2.24, 2.45) is 0 Å². The molecule has 1 aromatic carbocycles. The zero-order chi connectivity index (χ0) is 14.8.